The zero-order valence-electron chi connectivity index (χ0n) is 19.0. The van der Waals surface area contributed by atoms with Crippen LogP contribution in [0, 0.1) is 0 Å². The van der Waals surface area contributed by atoms with E-state index < -0.39 is 19.8 Å². The molecule has 0 aliphatic heterocycles. The highest BCUT2D eigenvalue weighted by atomic mass is 28.4. The molecule has 4 heteroatoms. The standard InChI is InChI=1S/C27H31FO2Si/c1-26(2,3)31(4,5)30-24-18-16-23(17-19-24)27(28,20-21-12-8-6-9-13-21)25(29)22-14-10-7-11-15-22/h6-19H,20H2,1-5H3/t27-/m0/s1. The number of ketones is 1. The first-order valence-electron chi connectivity index (χ1n) is 10.7. The average Bonchev–Trinajstić information content (AvgIpc) is 2.74. The Morgan fingerprint density at radius 1 is 0.839 bits per heavy atom. The Kier molecular flexibility index (Phi) is 6.51. The van der Waals surface area contributed by atoms with Gasteiger partial charge in [-0.1, -0.05) is 93.6 Å². The molecule has 0 aromatic heterocycles. The van der Waals surface area contributed by atoms with E-state index in [1.54, 1.807) is 48.5 Å². The Hall–Kier alpha value is -2.72. The first-order valence-corrected chi connectivity index (χ1v) is 13.6. The minimum atomic E-state index is -2.17. The normalized spacial score (nSPS) is 14.0. The summed E-state index contributed by atoms with van der Waals surface area (Å²) in [7, 11) is -2.01. The van der Waals surface area contributed by atoms with E-state index in [-0.39, 0.29) is 11.5 Å². The molecule has 3 rings (SSSR count). The number of benzene rings is 3. The number of hydrogen-bond donors (Lipinski definition) is 0. The summed E-state index contributed by atoms with van der Waals surface area (Å²) < 4.78 is 22.9. The summed E-state index contributed by atoms with van der Waals surface area (Å²) in [5.74, 6) is 0.180. The van der Waals surface area contributed by atoms with Gasteiger partial charge in [0.1, 0.15) is 5.75 Å². The molecule has 1 atom stereocenters. The minimum Gasteiger partial charge on any atom is -0.544 e. The van der Waals surface area contributed by atoms with E-state index in [0.717, 1.165) is 5.56 Å². The van der Waals surface area contributed by atoms with Crippen molar-refractivity contribution in [1.29, 1.82) is 0 Å². The number of rotatable bonds is 7. The van der Waals surface area contributed by atoms with Crippen molar-refractivity contribution < 1.29 is 13.6 Å². The molecular formula is C27H31FO2Si. The number of hydrogen-bond acceptors (Lipinski definition) is 2. The second kappa shape index (κ2) is 8.79. The first kappa shape index (κ1) is 23.0. The van der Waals surface area contributed by atoms with E-state index in [1.807, 2.05) is 36.4 Å². The molecule has 0 unspecified atom stereocenters. The molecule has 3 aromatic rings. The molecule has 2 nitrogen and oxygen atoms in total. The van der Waals surface area contributed by atoms with Crippen molar-refractivity contribution in [2.45, 2.75) is 51.0 Å². The van der Waals surface area contributed by atoms with Crippen molar-refractivity contribution in [1.82, 2.24) is 0 Å². The predicted octanol–water partition coefficient (Wildman–Crippen LogP) is 7.36. The van der Waals surface area contributed by atoms with Crippen molar-refractivity contribution in [2.24, 2.45) is 0 Å². The monoisotopic (exact) mass is 434 g/mol. The van der Waals surface area contributed by atoms with E-state index in [0.29, 0.717) is 16.9 Å². The van der Waals surface area contributed by atoms with Gasteiger partial charge in [-0.3, -0.25) is 4.79 Å². The van der Waals surface area contributed by atoms with Gasteiger partial charge in [-0.05, 0) is 41.4 Å². The van der Waals surface area contributed by atoms with Crippen LogP contribution in [0.5, 0.6) is 5.75 Å². The van der Waals surface area contributed by atoms with Crippen LogP contribution in [-0.4, -0.2) is 14.1 Å². The van der Waals surface area contributed by atoms with Gasteiger partial charge in [0.2, 0.25) is 19.8 Å². The van der Waals surface area contributed by atoms with Crippen LogP contribution in [0.25, 0.3) is 0 Å². The molecule has 0 radical (unpaired) electrons. The van der Waals surface area contributed by atoms with Crippen LogP contribution in [0.2, 0.25) is 18.1 Å². The molecule has 0 aliphatic rings. The summed E-state index contributed by atoms with van der Waals surface area (Å²) >= 11 is 0. The Morgan fingerprint density at radius 2 is 1.35 bits per heavy atom. The molecule has 31 heavy (non-hydrogen) atoms. The lowest BCUT2D eigenvalue weighted by Crippen LogP contribution is -2.43. The summed E-state index contributed by atoms with van der Waals surface area (Å²) in [4.78, 5) is 13.3. The van der Waals surface area contributed by atoms with E-state index >= 15 is 4.39 Å². The molecule has 0 spiro atoms. The minimum absolute atomic E-state index is 0.0238. The van der Waals surface area contributed by atoms with Crippen LogP contribution in [0.1, 0.15) is 42.3 Å². The largest absolute Gasteiger partial charge is 0.544 e. The van der Waals surface area contributed by atoms with Crippen LogP contribution < -0.4 is 4.43 Å². The van der Waals surface area contributed by atoms with E-state index in [4.69, 9.17) is 4.43 Å². The van der Waals surface area contributed by atoms with Crippen molar-refractivity contribution in [3.63, 3.8) is 0 Å². The van der Waals surface area contributed by atoms with Gasteiger partial charge >= 0.3 is 0 Å². The summed E-state index contributed by atoms with van der Waals surface area (Å²) in [6, 6.07) is 24.9. The van der Waals surface area contributed by atoms with Crippen molar-refractivity contribution in [3.8, 4) is 5.75 Å². The molecule has 0 fully saturated rings. The molecular weight excluding hydrogens is 403 g/mol. The van der Waals surface area contributed by atoms with Crippen LogP contribution in [0.3, 0.4) is 0 Å². The summed E-state index contributed by atoms with van der Waals surface area (Å²) in [5.41, 5.74) is -0.690. The molecule has 0 saturated carbocycles. The molecule has 0 amide bonds. The molecule has 0 aliphatic carbocycles. The molecule has 0 heterocycles. The quantitative estimate of drug-likeness (QED) is 0.287. The van der Waals surface area contributed by atoms with Crippen molar-refractivity contribution in [2.75, 3.05) is 0 Å². The number of carbonyl (C=O) groups is 1. The Labute approximate surface area is 186 Å². The number of halogens is 1. The van der Waals surface area contributed by atoms with Gasteiger partial charge < -0.3 is 4.43 Å². The Bertz CT molecular complexity index is 1010. The van der Waals surface area contributed by atoms with Gasteiger partial charge in [0, 0.05) is 12.0 Å². The third kappa shape index (κ3) is 5.13. The smallest absolute Gasteiger partial charge is 0.250 e. The molecule has 3 aromatic carbocycles. The maximum Gasteiger partial charge on any atom is 0.250 e. The maximum atomic E-state index is 16.6. The fourth-order valence-electron chi connectivity index (χ4n) is 3.24. The zero-order chi connectivity index (χ0) is 22.7. The molecule has 0 bridgehead atoms. The second-order valence-electron chi connectivity index (χ2n) is 9.55. The Balaban J connectivity index is 1.97. The maximum absolute atomic E-state index is 16.6. The number of alkyl halides is 1. The highest BCUT2D eigenvalue weighted by molar-refractivity contribution is 6.74. The van der Waals surface area contributed by atoms with E-state index in [1.165, 1.54) is 0 Å². The van der Waals surface area contributed by atoms with Gasteiger partial charge in [-0.2, -0.15) is 0 Å². The first-order chi connectivity index (χ1) is 14.5. The fraction of sp³-hybridized carbons (Fsp3) is 0.296. The zero-order valence-corrected chi connectivity index (χ0v) is 20.0. The summed E-state index contributed by atoms with van der Waals surface area (Å²) in [6.07, 6.45) is -0.0238. The average molecular weight is 435 g/mol. The van der Waals surface area contributed by atoms with Crippen LogP contribution in [0.4, 0.5) is 4.39 Å². The highest BCUT2D eigenvalue weighted by Crippen LogP contribution is 2.39. The fourth-order valence-corrected chi connectivity index (χ4v) is 4.28. The lowest BCUT2D eigenvalue weighted by atomic mass is 9.82. The third-order valence-corrected chi connectivity index (χ3v) is 10.5. The van der Waals surface area contributed by atoms with E-state index in [9.17, 15) is 4.79 Å². The van der Waals surface area contributed by atoms with Crippen molar-refractivity contribution >= 4 is 14.1 Å². The van der Waals surface area contributed by atoms with E-state index in [2.05, 4.69) is 33.9 Å². The third-order valence-electron chi connectivity index (χ3n) is 6.18. The number of carbonyl (C=O) groups excluding carboxylic acids is 1. The lowest BCUT2D eigenvalue weighted by molar-refractivity contribution is 0.0676. The summed E-state index contributed by atoms with van der Waals surface area (Å²) in [5, 5.41) is 0.0616. The Morgan fingerprint density at radius 3 is 1.87 bits per heavy atom. The SMILES string of the molecule is CC(C)(C)[Si](C)(C)Oc1ccc([C@@](F)(Cc2ccccc2)C(=O)c2ccccc2)cc1. The van der Waals surface area contributed by atoms with Crippen LogP contribution in [0.15, 0.2) is 84.9 Å². The second-order valence-corrected chi connectivity index (χ2v) is 14.3. The van der Waals surface area contributed by atoms with Gasteiger partial charge in [0.25, 0.3) is 0 Å². The van der Waals surface area contributed by atoms with Crippen LogP contribution in [-0.2, 0) is 12.1 Å². The van der Waals surface area contributed by atoms with Crippen LogP contribution >= 0.6 is 0 Å². The predicted molar refractivity (Wildman–Crippen MR) is 128 cm³/mol. The topological polar surface area (TPSA) is 26.3 Å². The van der Waals surface area contributed by atoms with Gasteiger partial charge in [-0.15, -0.1) is 0 Å². The van der Waals surface area contributed by atoms with Gasteiger partial charge in [-0.25, -0.2) is 4.39 Å². The lowest BCUT2D eigenvalue weighted by Gasteiger charge is -2.36. The molecule has 0 N–H and O–H groups in total. The number of Topliss-reactive ketones (excluding diaryl/α,β-unsaturated/α-hetero) is 1. The van der Waals surface area contributed by atoms with Gasteiger partial charge in [0.15, 0.2) is 0 Å². The highest BCUT2D eigenvalue weighted by Gasteiger charge is 2.42. The summed E-state index contributed by atoms with van der Waals surface area (Å²) in [6.45, 7) is 10.9. The van der Waals surface area contributed by atoms with Crippen molar-refractivity contribution in [3.05, 3.63) is 102 Å². The molecule has 0 saturated heterocycles. The molecule has 162 valence electrons. The van der Waals surface area contributed by atoms with Gasteiger partial charge in [0.05, 0.1) is 0 Å².